The van der Waals surface area contributed by atoms with Gasteiger partial charge in [0.25, 0.3) is 0 Å². The highest BCUT2D eigenvalue weighted by atomic mass is 16.5. The highest BCUT2D eigenvalue weighted by Crippen LogP contribution is 2.32. The van der Waals surface area contributed by atoms with Crippen LogP contribution in [0.25, 0.3) is 0 Å². The molecule has 1 aromatic rings. The van der Waals surface area contributed by atoms with Gasteiger partial charge in [0.1, 0.15) is 0 Å². The van der Waals surface area contributed by atoms with Crippen LogP contribution in [0.3, 0.4) is 0 Å². The number of ether oxygens (including phenoxy) is 1. The van der Waals surface area contributed by atoms with Crippen molar-refractivity contribution in [2.24, 2.45) is 5.41 Å². The molecular formula is C17H26O2. The van der Waals surface area contributed by atoms with Crippen molar-refractivity contribution in [2.45, 2.75) is 52.9 Å². The molecule has 0 saturated heterocycles. The Morgan fingerprint density at radius 3 is 2.47 bits per heavy atom. The van der Waals surface area contributed by atoms with E-state index < -0.39 is 5.41 Å². The summed E-state index contributed by atoms with van der Waals surface area (Å²) in [6.45, 7) is 8.74. The molecule has 0 aromatic heterocycles. The highest BCUT2D eigenvalue weighted by Gasteiger charge is 2.31. The second-order valence-electron chi connectivity index (χ2n) is 5.89. The number of rotatable bonds is 7. The smallest absolute Gasteiger partial charge is 0.311 e. The molecule has 0 N–H and O–H groups in total. The van der Waals surface area contributed by atoms with Gasteiger partial charge in [-0.25, -0.2) is 0 Å². The van der Waals surface area contributed by atoms with Gasteiger partial charge in [-0.3, -0.25) is 4.79 Å². The first-order chi connectivity index (χ1) is 8.97. The second-order valence-corrected chi connectivity index (χ2v) is 5.89. The molecule has 0 aliphatic rings. The first kappa shape index (κ1) is 15.7. The third kappa shape index (κ3) is 5.06. The van der Waals surface area contributed by atoms with Crippen molar-refractivity contribution < 1.29 is 9.53 Å². The zero-order chi connectivity index (χ0) is 14.3. The minimum atomic E-state index is -0.428. The fourth-order valence-corrected chi connectivity index (χ4v) is 2.25. The van der Waals surface area contributed by atoms with Gasteiger partial charge in [-0.05, 0) is 38.2 Å². The summed E-state index contributed by atoms with van der Waals surface area (Å²) in [4.78, 5) is 12.1. The van der Waals surface area contributed by atoms with Gasteiger partial charge >= 0.3 is 5.97 Å². The molecule has 2 heteroatoms. The van der Waals surface area contributed by atoms with Crippen LogP contribution in [0, 0.1) is 5.41 Å². The molecule has 1 aromatic carbocycles. The van der Waals surface area contributed by atoms with Crippen LogP contribution in [0.4, 0.5) is 0 Å². The third-order valence-corrected chi connectivity index (χ3v) is 3.47. The average molecular weight is 262 g/mol. The van der Waals surface area contributed by atoms with Crippen LogP contribution >= 0.6 is 0 Å². The van der Waals surface area contributed by atoms with E-state index in [1.807, 2.05) is 32.0 Å². The molecular weight excluding hydrogens is 236 g/mol. The molecule has 0 aliphatic heterocycles. The van der Waals surface area contributed by atoms with Crippen molar-refractivity contribution in [1.82, 2.24) is 0 Å². The molecule has 106 valence electrons. The summed E-state index contributed by atoms with van der Waals surface area (Å²) in [5, 5.41) is 0. The first-order valence-electron chi connectivity index (χ1n) is 7.19. The van der Waals surface area contributed by atoms with E-state index in [4.69, 9.17) is 4.74 Å². The predicted octanol–water partition coefficient (Wildman–Crippen LogP) is 4.55. The Balaban J connectivity index is 2.56. The summed E-state index contributed by atoms with van der Waals surface area (Å²) in [6, 6.07) is 10.3. The standard InChI is InChI=1S/C17H26O2/c1-5-6-12-19-16(18)17(3,4)13-14(2)15-10-8-7-9-11-15/h7-11,14H,5-6,12-13H2,1-4H3. The van der Waals surface area contributed by atoms with Gasteiger partial charge in [0.15, 0.2) is 0 Å². The van der Waals surface area contributed by atoms with E-state index in [1.54, 1.807) is 0 Å². The summed E-state index contributed by atoms with van der Waals surface area (Å²) in [5.41, 5.74) is 0.847. The molecule has 19 heavy (non-hydrogen) atoms. The molecule has 1 atom stereocenters. The van der Waals surface area contributed by atoms with Crippen LogP contribution in [0.5, 0.6) is 0 Å². The number of hydrogen-bond acceptors (Lipinski definition) is 2. The quantitative estimate of drug-likeness (QED) is 0.532. The normalized spacial score (nSPS) is 13.1. The van der Waals surface area contributed by atoms with E-state index in [0.717, 1.165) is 19.3 Å². The van der Waals surface area contributed by atoms with Crippen molar-refractivity contribution in [3.05, 3.63) is 35.9 Å². The summed E-state index contributed by atoms with van der Waals surface area (Å²) in [6.07, 6.45) is 2.80. The van der Waals surface area contributed by atoms with Gasteiger partial charge in [0.05, 0.1) is 12.0 Å². The zero-order valence-electron chi connectivity index (χ0n) is 12.6. The molecule has 1 rings (SSSR count). The fraction of sp³-hybridized carbons (Fsp3) is 0.588. The third-order valence-electron chi connectivity index (χ3n) is 3.47. The van der Waals surface area contributed by atoms with Crippen LogP contribution in [-0.2, 0) is 9.53 Å². The number of benzene rings is 1. The average Bonchev–Trinajstić information content (AvgIpc) is 2.39. The van der Waals surface area contributed by atoms with Crippen LogP contribution in [0.1, 0.15) is 58.4 Å². The topological polar surface area (TPSA) is 26.3 Å². The molecule has 1 unspecified atom stereocenters. The molecule has 0 heterocycles. The maximum Gasteiger partial charge on any atom is 0.311 e. The molecule has 0 radical (unpaired) electrons. The van der Waals surface area contributed by atoms with E-state index in [1.165, 1.54) is 5.56 Å². The number of carbonyl (C=O) groups is 1. The Kier molecular flexibility index (Phi) is 6.07. The lowest BCUT2D eigenvalue weighted by atomic mass is 9.81. The van der Waals surface area contributed by atoms with E-state index in [0.29, 0.717) is 12.5 Å². The van der Waals surface area contributed by atoms with Crippen LogP contribution in [0.2, 0.25) is 0 Å². The van der Waals surface area contributed by atoms with Gasteiger partial charge in [-0.1, -0.05) is 50.6 Å². The SMILES string of the molecule is CCCCOC(=O)C(C)(C)CC(C)c1ccccc1. The van der Waals surface area contributed by atoms with Crippen LogP contribution < -0.4 is 0 Å². The molecule has 0 aliphatic carbocycles. The maximum absolute atomic E-state index is 12.1. The maximum atomic E-state index is 12.1. The van der Waals surface area contributed by atoms with Crippen molar-refractivity contribution in [3.8, 4) is 0 Å². The van der Waals surface area contributed by atoms with E-state index >= 15 is 0 Å². The number of carbonyl (C=O) groups excluding carboxylic acids is 1. The lowest BCUT2D eigenvalue weighted by Gasteiger charge is -2.26. The number of esters is 1. The van der Waals surface area contributed by atoms with Gasteiger partial charge in [0, 0.05) is 0 Å². The second kappa shape index (κ2) is 7.32. The molecule has 2 nitrogen and oxygen atoms in total. The number of hydrogen-bond donors (Lipinski definition) is 0. The van der Waals surface area contributed by atoms with Gasteiger partial charge in [-0.15, -0.1) is 0 Å². The van der Waals surface area contributed by atoms with E-state index in [-0.39, 0.29) is 5.97 Å². The lowest BCUT2D eigenvalue weighted by molar-refractivity contribution is -0.154. The summed E-state index contributed by atoms with van der Waals surface area (Å²) >= 11 is 0. The van der Waals surface area contributed by atoms with E-state index in [9.17, 15) is 4.79 Å². The van der Waals surface area contributed by atoms with E-state index in [2.05, 4.69) is 26.0 Å². The van der Waals surface area contributed by atoms with Crippen molar-refractivity contribution in [2.75, 3.05) is 6.61 Å². The highest BCUT2D eigenvalue weighted by molar-refractivity contribution is 5.76. The van der Waals surface area contributed by atoms with Crippen LogP contribution in [0.15, 0.2) is 30.3 Å². The summed E-state index contributed by atoms with van der Waals surface area (Å²) in [7, 11) is 0. The van der Waals surface area contributed by atoms with Gasteiger partial charge in [0.2, 0.25) is 0 Å². The Hall–Kier alpha value is -1.31. The van der Waals surface area contributed by atoms with Gasteiger partial charge < -0.3 is 4.74 Å². The molecule has 0 amide bonds. The molecule has 0 saturated carbocycles. The van der Waals surface area contributed by atoms with Crippen LogP contribution in [-0.4, -0.2) is 12.6 Å². The van der Waals surface area contributed by atoms with Crippen molar-refractivity contribution in [3.63, 3.8) is 0 Å². The summed E-state index contributed by atoms with van der Waals surface area (Å²) < 4.78 is 5.35. The molecule has 0 spiro atoms. The Morgan fingerprint density at radius 1 is 1.26 bits per heavy atom. The minimum Gasteiger partial charge on any atom is -0.465 e. The van der Waals surface area contributed by atoms with Crippen molar-refractivity contribution >= 4 is 5.97 Å². The lowest BCUT2D eigenvalue weighted by Crippen LogP contribution is -2.28. The Labute approximate surface area is 117 Å². The largest absolute Gasteiger partial charge is 0.465 e. The number of unbranched alkanes of at least 4 members (excludes halogenated alkanes) is 1. The minimum absolute atomic E-state index is 0.0799. The van der Waals surface area contributed by atoms with Crippen molar-refractivity contribution in [1.29, 1.82) is 0 Å². The molecule has 0 bridgehead atoms. The Bertz CT molecular complexity index is 382. The summed E-state index contributed by atoms with van der Waals surface area (Å²) in [5.74, 6) is 0.277. The molecule has 0 fully saturated rings. The monoisotopic (exact) mass is 262 g/mol. The zero-order valence-corrected chi connectivity index (χ0v) is 12.6. The van der Waals surface area contributed by atoms with Gasteiger partial charge in [-0.2, -0.15) is 0 Å². The predicted molar refractivity (Wildman–Crippen MR) is 79.1 cm³/mol. The Morgan fingerprint density at radius 2 is 1.89 bits per heavy atom. The fourth-order valence-electron chi connectivity index (χ4n) is 2.25. The first-order valence-corrected chi connectivity index (χ1v) is 7.19.